The van der Waals surface area contributed by atoms with E-state index in [1.165, 1.54) is 23.7 Å². The second kappa shape index (κ2) is 0.984. The highest BCUT2D eigenvalue weighted by atomic mass is 14.6. The summed E-state index contributed by atoms with van der Waals surface area (Å²) in [6.45, 7) is 0. The molecule has 0 aromatic rings. The number of hydrogen-bond donors (Lipinski definition) is 0. The van der Waals surface area contributed by atoms with Crippen molar-refractivity contribution < 1.29 is 0 Å². The normalized spacial score (nSPS) is 66.0. The van der Waals surface area contributed by atoms with E-state index in [4.69, 9.17) is 0 Å². The molecular weight excluding hydrogens is 96.1 g/mol. The van der Waals surface area contributed by atoms with Gasteiger partial charge in [0.2, 0.25) is 0 Å². The van der Waals surface area contributed by atoms with Gasteiger partial charge in [0.25, 0.3) is 0 Å². The summed E-state index contributed by atoms with van der Waals surface area (Å²) in [5.41, 5.74) is 0. The molecular formula is C8H12. The van der Waals surface area contributed by atoms with E-state index in [1.54, 1.807) is 25.7 Å². The Morgan fingerprint density at radius 1 is 0.750 bits per heavy atom. The quantitative estimate of drug-likeness (QED) is 0.445. The van der Waals surface area contributed by atoms with Crippen LogP contribution in [0.15, 0.2) is 0 Å². The lowest BCUT2D eigenvalue weighted by Crippen LogP contribution is -2.45. The Bertz CT molecular complexity index is 110. The van der Waals surface area contributed by atoms with Crippen molar-refractivity contribution >= 4 is 0 Å². The standard InChI is InChI=1S/C8H12/c1-2-6-4-7-3-5(1)8(6)7/h5-8H,1-4H2/t5-,6?,7-,8?/m1/s1. The monoisotopic (exact) mass is 108 g/mol. The first-order chi connectivity index (χ1) is 3.95. The maximum atomic E-state index is 1.61. The Morgan fingerprint density at radius 2 is 1.38 bits per heavy atom. The molecule has 0 heteroatoms. The zero-order chi connectivity index (χ0) is 5.14. The smallest absolute Gasteiger partial charge is 0.0329 e. The van der Waals surface area contributed by atoms with E-state index in [2.05, 4.69) is 0 Å². The number of hydrogen-bond acceptors (Lipinski definition) is 0. The lowest BCUT2D eigenvalue weighted by Gasteiger charge is -2.53. The van der Waals surface area contributed by atoms with Crippen LogP contribution in [0.1, 0.15) is 25.7 Å². The van der Waals surface area contributed by atoms with Gasteiger partial charge in [-0.25, -0.2) is 0 Å². The van der Waals surface area contributed by atoms with Crippen molar-refractivity contribution in [1.29, 1.82) is 0 Å². The molecule has 0 saturated heterocycles. The van der Waals surface area contributed by atoms with Gasteiger partial charge in [0.15, 0.2) is 0 Å². The third kappa shape index (κ3) is 0.240. The largest absolute Gasteiger partial charge is 0.0499 e. The van der Waals surface area contributed by atoms with Crippen LogP contribution in [0, 0.1) is 23.7 Å². The molecule has 0 spiro atoms. The molecule has 3 rings (SSSR count). The lowest BCUT2D eigenvalue weighted by atomic mass is 9.52. The van der Waals surface area contributed by atoms with Crippen molar-refractivity contribution in [2.24, 2.45) is 23.7 Å². The van der Waals surface area contributed by atoms with Crippen LogP contribution in [0.5, 0.6) is 0 Å². The fourth-order valence-electron chi connectivity index (χ4n) is 3.31. The van der Waals surface area contributed by atoms with Gasteiger partial charge in [0, 0.05) is 0 Å². The topological polar surface area (TPSA) is 0 Å². The van der Waals surface area contributed by atoms with Crippen molar-refractivity contribution in [2.45, 2.75) is 25.7 Å². The Balaban J connectivity index is 1.96. The van der Waals surface area contributed by atoms with E-state index in [9.17, 15) is 0 Å². The number of rotatable bonds is 0. The molecule has 3 aliphatic carbocycles. The van der Waals surface area contributed by atoms with Gasteiger partial charge < -0.3 is 0 Å². The Labute approximate surface area is 50.3 Å². The zero-order valence-electron chi connectivity index (χ0n) is 5.14. The fourth-order valence-corrected chi connectivity index (χ4v) is 3.31. The van der Waals surface area contributed by atoms with Gasteiger partial charge in [0.05, 0.1) is 0 Å². The highest BCUT2D eigenvalue weighted by Crippen LogP contribution is 2.65. The summed E-state index contributed by atoms with van der Waals surface area (Å²) in [5, 5.41) is 0. The van der Waals surface area contributed by atoms with Gasteiger partial charge in [0.1, 0.15) is 0 Å². The summed E-state index contributed by atoms with van der Waals surface area (Å²) in [4.78, 5) is 0. The minimum Gasteiger partial charge on any atom is -0.0499 e. The van der Waals surface area contributed by atoms with Crippen molar-refractivity contribution in [3.8, 4) is 0 Å². The molecule has 0 amide bonds. The molecule has 0 bridgehead atoms. The summed E-state index contributed by atoms with van der Waals surface area (Å²) >= 11 is 0. The van der Waals surface area contributed by atoms with Gasteiger partial charge >= 0.3 is 0 Å². The van der Waals surface area contributed by atoms with Crippen molar-refractivity contribution in [1.82, 2.24) is 0 Å². The molecule has 0 radical (unpaired) electrons. The van der Waals surface area contributed by atoms with Crippen LogP contribution in [0.3, 0.4) is 0 Å². The van der Waals surface area contributed by atoms with E-state index in [-0.39, 0.29) is 0 Å². The zero-order valence-corrected chi connectivity index (χ0v) is 5.14. The van der Waals surface area contributed by atoms with E-state index in [1.807, 2.05) is 0 Å². The second-order valence-corrected chi connectivity index (χ2v) is 3.91. The molecule has 0 aliphatic heterocycles. The SMILES string of the molecule is C1C[C@@H]2C[C@@H]3CC1C23. The molecule has 3 fully saturated rings. The average Bonchev–Trinajstić information content (AvgIpc) is 2.02. The molecule has 3 aliphatic rings. The molecule has 0 aromatic carbocycles. The van der Waals surface area contributed by atoms with Gasteiger partial charge in [-0.05, 0) is 49.4 Å². The molecule has 0 heterocycles. The summed E-state index contributed by atoms with van der Waals surface area (Å²) in [6.07, 6.45) is 6.40. The van der Waals surface area contributed by atoms with Gasteiger partial charge in [-0.3, -0.25) is 0 Å². The minimum atomic E-state index is 1.22. The third-order valence-electron chi connectivity index (χ3n) is 3.75. The van der Waals surface area contributed by atoms with Crippen LogP contribution in [0.4, 0.5) is 0 Å². The fraction of sp³-hybridized carbons (Fsp3) is 1.00. The van der Waals surface area contributed by atoms with Crippen LogP contribution >= 0.6 is 0 Å². The van der Waals surface area contributed by atoms with Crippen molar-refractivity contribution in [3.63, 3.8) is 0 Å². The van der Waals surface area contributed by atoms with Crippen LogP contribution in [-0.2, 0) is 0 Å². The highest BCUT2D eigenvalue weighted by molar-refractivity contribution is 5.06. The van der Waals surface area contributed by atoms with Crippen LogP contribution in [0.2, 0.25) is 0 Å². The summed E-state index contributed by atoms with van der Waals surface area (Å²) in [5.74, 6) is 4.93. The van der Waals surface area contributed by atoms with Gasteiger partial charge in [-0.2, -0.15) is 0 Å². The molecule has 4 atom stereocenters. The third-order valence-corrected chi connectivity index (χ3v) is 3.75. The van der Waals surface area contributed by atoms with E-state index < -0.39 is 0 Å². The van der Waals surface area contributed by atoms with Crippen LogP contribution in [-0.4, -0.2) is 0 Å². The van der Waals surface area contributed by atoms with E-state index in [0.717, 1.165) is 0 Å². The van der Waals surface area contributed by atoms with Crippen molar-refractivity contribution in [3.05, 3.63) is 0 Å². The Hall–Kier alpha value is 0. The first-order valence-corrected chi connectivity index (χ1v) is 3.95. The molecule has 44 valence electrons. The molecule has 3 saturated carbocycles. The lowest BCUT2D eigenvalue weighted by molar-refractivity contribution is -0.0395. The summed E-state index contributed by atoms with van der Waals surface area (Å²) in [7, 11) is 0. The molecule has 8 heavy (non-hydrogen) atoms. The first-order valence-electron chi connectivity index (χ1n) is 3.95. The summed E-state index contributed by atoms with van der Waals surface area (Å²) < 4.78 is 0. The predicted octanol–water partition coefficient (Wildman–Crippen LogP) is 2.05. The van der Waals surface area contributed by atoms with E-state index in [0.29, 0.717) is 0 Å². The first kappa shape index (κ1) is 3.92. The predicted molar refractivity (Wildman–Crippen MR) is 32.4 cm³/mol. The molecule has 0 nitrogen and oxygen atoms in total. The second-order valence-electron chi connectivity index (χ2n) is 3.91. The Morgan fingerprint density at radius 3 is 1.75 bits per heavy atom. The molecule has 0 N–H and O–H groups in total. The molecule has 0 aromatic heterocycles. The van der Waals surface area contributed by atoms with Crippen LogP contribution < -0.4 is 0 Å². The average molecular weight is 108 g/mol. The van der Waals surface area contributed by atoms with Gasteiger partial charge in [-0.15, -0.1) is 0 Å². The van der Waals surface area contributed by atoms with Crippen molar-refractivity contribution in [2.75, 3.05) is 0 Å². The molecule has 2 unspecified atom stereocenters. The van der Waals surface area contributed by atoms with E-state index >= 15 is 0 Å². The Kier molecular flexibility index (Phi) is 0.482. The maximum absolute atomic E-state index is 1.61. The highest BCUT2D eigenvalue weighted by Gasteiger charge is 2.56. The van der Waals surface area contributed by atoms with Gasteiger partial charge in [-0.1, -0.05) is 0 Å². The minimum absolute atomic E-state index is 1.22. The maximum Gasteiger partial charge on any atom is -0.0329 e. The summed E-state index contributed by atoms with van der Waals surface area (Å²) in [6, 6.07) is 0. The van der Waals surface area contributed by atoms with Crippen LogP contribution in [0.25, 0.3) is 0 Å².